The summed E-state index contributed by atoms with van der Waals surface area (Å²) in [7, 11) is -3.58. The SMILES string of the molecule is Cc1ccc(S(=O)(=O)N2CCCCC2)cc1NC(=O)c1cnn(-c2ccccc2)c1C. The number of piperidine rings is 1. The number of amides is 1. The van der Waals surface area contributed by atoms with Gasteiger partial charge in [0.2, 0.25) is 10.0 Å². The molecule has 2 heterocycles. The fourth-order valence-electron chi connectivity index (χ4n) is 3.80. The molecule has 162 valence electrons. The van der Waals surface area contributed by atoms with Gasteiger partial charge in [0.25, 0.3) is 5.91 Å². The molecule has 0 aliphatic carbocycles. The molecule has 3 aromatic rings. The van der Waals surface area contributed by atoms with Gasteiger partial charge in [-0.3, -0.25) is 4.79 Å². The first-order chi connectivity index (χ1) is 14.9. The molecule has 0 saturated carbocycles. The number of benzene rings is 2. The molecular formula is C23H26N4O3S. The van der Waals surface area contributed by atoms with E-state index >= 15 is 0 Å². The monoisotopic (exact) mass is 438 g/mol. The van der Waals surface area contributed by atoms with Gasteiger partial charge in [-0.25, -0.2) is 13.1 Å². The molecule has 0 bridgehead atoms. The Labute approximate surface area is 182 Å². The summed E-state index contributed by atoms with van der Waals surface area (Å²) in [6.07, 6.45) is 4.33. The highest BCUT2D eigenvalue weighted by atomic mass is 32.2. The number of sulfonamides is 1. The van der Waals surface area contributed by atoms with Crippen LogP contribution in [-0.4, -0.2) is 41.5 Å². The van der Waals surface area contributed by atoms with Crippen LogP contribution in [0.15, 0.2) is 59.6 Å². The maximum absolute atomic E-state index is 13.0. The number of nitrogens with zero attached hydrogens (tertiary/aromatic N) is 3. The zero-order valence-corrected chi connectivity index (χ0v) is 18.5. The minimum Gasteiger partial charge on any atom is -0.322 e. The van der Waals surface area contributed by atoms with Crippen LogP contribution in [0.2, 0.25) is 0 Å². The maximum atomic E-state index is 13.0. The third-order valence-electron chi connectivity index (χ3n) is 5.67. The van der Waals surface area contributed by atoms with Crippen molar-refractivity contribution in [2.75, 3.05) is 18.4 Å². The molecule has 1 N–H and O–H groups in total. The van der Waals surface area contributed by atoms with E-state index in [-0.39, 0.29) is 10.8 Å². The Bertz CT molecular complexity index is 1200. The Kier molecular flexibility index (Phi) is 5.93. The first-order valence-corrected chi connectivity index (χ1v) is 11.8. The van der Waals surface area contributed by atoms with Crippen molar-refractivity contribution in [2.24, 2.45) is 0 Å². The largest absolute Gasteiger partial charge is 0.322 e. The van der Waals surface area contributed by atoms with Gasteiger partial charge in [-0.15, -0.1) is 0 Å². The first kappa shape index (κ1) is 21.3. The third kappa shape index (κ3) is 4.26. The minimum absolute atomic E-state index is 0.201. The molecule has 2 aromatic carbocycles. The van der Waals surface area contributed by atoms with Crippen molar-refractivity contribution in [3.05, 3.63) is 71.5 Å². The summed E-state index contributed by atoms with van der Waals surface area (Å²) in [4.78, 5) is 13.2. The summed E-state index contributed by atoms with van der Waals surface area (Å²) in [5.74, 6) is -0.324. The van der Waals surface area contributed by atoms with Gasteiger partial charge in [-0.05, 0) is 56.5 Å². The zero-order valence-electron chi connectivity index (χ0n) is 17.7. The highest BCUT2D eigenvalue weighted by Gasteiger charge is 2.26. The second-order valence-corrected chi connectivity index (χ2v) is 9.72. The molecule has 0 radical (unpaired) electrons. The average molecular weight is 439 g/mol. The van der Waals surface area contributed by atoms with E-state index in [0.717, 1.165) is 30.5 Å². The predicted octanol–water partition coefficient (Wildman–Crippen LogP) is 3.92. The van der Waals surface area contributed by atoms with Crippen LogP contribution in [0.1, 0.15) is 40.9 Å². The second-order valence-electron chi connectivity index (χ2n) is 7.79. The molecule has 0 spiro atoms. The molecule has 0 unspecified atom stereocenters. The Morgan fingerprint density at radius 2 is 1.71 bits per heavy atom. The molecule has 4 rings (SSSR count). The Morgan fingerprint density at radius 3 is 2.42 bits per heavy atom. The van der Waals surface area contributed by atoms with E-state index in [1.807, 2.05) is 44.2 Å². The normalized spacial score (nSPS) is 15.0. The van der Waals surface area contributed by atoms with E-state index in [0.29, 0.717) is 30.0 Å². The van der Waals surface area contributed by atoms with Crippen molar-refractivity contribution < 1.29 is 13.2 Å². The van der Waals surface area contributed by atoms with Crippen LogP contribution in [-0.2, 0) is 10.0 Å². The van der Waals surface area contributed by atoms with Gasteiger partial charge in [-0.2, -0.15) is 9.40 Å². The van der Waals surface area contributed by atoms with E-state index in [4.69, 9.17) is 0 Å². The summed E-state index contributed by atoms with van der Waals surface area (Å²) in [5.41, 5.74) is 3.28. The number of carbonyl (C=O) groups excluding carboxylic acids is 1. The quantitative estimate of drug-likeness (QED) is 0.654. The molecule has 0 atom stereocenters. The molecule has 1 aliphatic rings. The lowest BCUT2D eigenvalue weighted by atomic mass is 10.2. The van der Waals surface area contributed by atoms with Crippen LogP contribution in [0.5, 0.6) is 0 Å². The number of anilines is 1. The van der Waals surface area contributed by atoms with Crippen molar-refractivity contribution in [3.8, 4) is 5.69 Å². The number of nitrogens with one attached hydrogen (secondary N) is 1. The van der Waals surface area contributed by atoms with Gasteiger partial charge in [-0.1, -0.05) is 30.7 Å². The topological polar surface area (TPSA) is 84.3 Å². The second kappa shape index (κ2) is 8.64. The summed E-state index contributed by atoms with van der Waals surface area (Å²) in [6, 6.07) is 14.5. The van der Waals surface area contributed by atoms with Crippen molar-refractivity contribution >= 4 is 21.6 Å². The lowest BCUT2D eigenvalue weighted by Gasteiger charge is -2.26. The summed E-state index contributed by atoms with van der Waals surface area (Å²) in [5, 5.41) is 7.21. The highest BCUT2D eigenvalue weighted by Crippen LogP contribution is 2.26. The van der Waals surface area contributed by atoms with Crippen LogP contribution in [0.4, 0.5) is 5.69 Å². The standard InChI is InChI=1S/C23H26N4O3S/c1-17-11-12-20(31(29,30)26-13-7-4-8-14-26)15-22(17)25-23(28)21-16-24-27(18(21)2)19-9-5-3-6-10-19/h3,5-6,9-12,15-16H,4,7-8,13-14H2,1-2H3,(H,25,28). The van der Waals surface area contributed by atoms with Crippen molar-refractivity contribution in [2.45, 2.75) is 38.0 Å². The minimum atomic E-state index is -3.58. The van der Waals surface area contributed by atoms with Crippen molar-refractivity contribution in [3.63, 3.8) is 0 Å². The highest BCUT2D eigenvalue weighted by molar-refractivity contribution is 7.89. The Hall–Kier alpha value is -2.97. The fourth-order valence-corrected chi connectivity index (χ4v) is 5.35. The van der Waals surface area contributed by atoms with E-state index in [9.17, 15) is 13.2 Å². The Balaban J connectivity index is 1.59. The van der Waals surface area contributed by atoms with Gasteiger partial charge in [0, 0.05) is 18.8 Å². The van der Waals surface area contributed by atoms with E-state index < -0.39 is 10.0 Å². The number of aryl methyl sites for hydroxylation is 1. The number of rotatable bonds is 5. The van der Waals surface area contributed by atoms with E-state index in [1.54, 1.807) is 22.9 Å². The smallest absolute Gasteiger partial charge is 0.259 e. The number of carbonyl (C=O) groups is 1. The molecule has 1 fully saturated rings. The van der Waals surface area contributed by atoms with Crippen LogP contribution < -0.4 is 5.32 Å². The fraction of sp³-hybridized carbons (Fsp3) is 0.304. The van der Waals surface area contributed by atoms with Crippen LogP contribution >= 0.6 is 0 Å². The number of para-hydroxylation sites is 1. The van der Waals surface area contributed by atoms with Crippen LogP contribution in [0.3, 0.4) is 0 Å². The molecule has 31 heavy (non-hydrogen) atoms. The summed E-state index contributed by atoms with van der Waals surface area (Å²) in [6.45, 7) is 4.75. The van der Waals surface area contributed by atoms with Gasteiger partial charge in [0.1, 0.15) is 0 Å². The summed E-state index contributed by atoms with van der Waals surface area (Å²) < 4.78 is 29.3. The van der Waals surface area contributed by atoms with Crippen LogP contribution in [0.25, 0.3) is 5.69 Å². The Morgan fingerprint density at radius 1 is 1.00 bits per heavy atom. The van der Waals surface area contributed by atoms with E-state index in [2.05, 4.69) is 10.4 Å². The lowest BCUT2D eigenvalue weighted by Crippen LogP contribution is -2.35. The van der Waals surface area contributed by atoms with Crippen molar-refractivity contribution in [1.29, 1.82) is 0 Å². The van der Waals surface area contributed by atoms with Crippen molar-refractivity contribution in [1.82, 2.24) is 14.1 Å². The summed E-state index contributed by atoms with van der Waals surface area (Å²) >= 11 is 0. The molecule has 1 aromatic heterocycles. The van der Waals surface area contributed by atoms with Gasteiger partial charge in [0.05, 0.1) is 28.0 Å². The number of hydrogen-bond donors (Lipinski definition) is 1. The number of hydrogen-bond acceptors (Lipinski definition) is 4. The molecular weight excluding hydrogens is 412 g/mol. The van der Waals surface area contributed by atoms with Gasteiger partial charge >= 0.3 is 0 Å². The predicted molar refractivity (Wildman–Crippen MR) is 120 cm³/mol. The molecule has 1 saturated heterocycles. The third-order valence-corrected chi connectivity index (χ3v) is 7.56. The molecule has 1 amide bonds. The van der Waals surface area contributed by atoms with Gasteiger partial charge < -0.3 is 5.32 Å². The molecule has 7 nitrogen and oxygen atoms in total. The average Bonchev–Trinajstić information content (AvgIpc) is 3.17. The number of aromatic nitrogens is 2. The van der Waals surface area contributed by atoms with E-state index in [1.165, 1.54) is 10.5 Å². The zero-order chi connectivity index (χ0) is 22.0. The lowest BCUT2D eigenvalue weighted by molar-refractivity contribution is 0.102. The molecule has 1 aliphatic heterocycles. The first-order valence-electron chi connectivity index (χ1n) is 10.4. The molecule has 8 heteroatoms. The van der Waals surface area contributed by atoms with Gasteiger partial charge in [0.15, 0.2) is 0 Å². The van der Waals surface area contributed by atoms with Crippen LogP contribution in [0, 0.1) is 13.8 Å². The maximum Gasteiger partial charge on any atom is 0.259 e.